The van der Waals surface area contributed by atoms with Crippen LogP contribution in [-0.2, 0) is 0 Å². The fourth-order valence-corrected chi connectivity index (χ4v) is 2.06. The van der Waals surface area contributed by atoms with Crippen molar-refractivity contribution in [2.24, 2.45) is 0 Å². The number of nitrogens with one attached hydrogen (secondary N) is 1. The molecular formula is C12H18N4O. The Labute approximate surface area is 101 Å². The molecule has 1 aromatic heterocycles. The first-order chi connectivity index (χ1) is 8.27. The molecule has 1 aliphatic rings. The Kier molecular flexibility index (Phi) is 4.03. The second-order valence-corrected chi connectivity index (χ2v) is 4.39. The Hall–Kier alpha value is -1.49. The van der Waals surface area contributed by atoms with Crippen molar-refractivity contribution in [3.63, 3.8) is 0 Å². The summed E-state index contributed by atoms with van der Waals surface area (Å²) in [6, 6.07) is 0.387. The van der Waals surface area contributed by atoms with Gasteiger partial charge in [-0.25, -0.2) is 4.98 Å². The number of aromatic nitrogens is 2. The predicted molar refractivity (Wildman–Crippen MR) is 64.6 cm³/mol. The second kappa shape index (κ2) is 5.72. The van der Waals surface area contributed by atoms with E-state index in [0.717, 1.165) is 13.1 Å². The van der Waals surface area contributed by atoms with Crippen LogP contribution in [0, 0.1) is 0 Å². The minimum absolute atomic E-state index is 0.149. The average Bonchev–Trinajstić information content (AvgIpc) is 2.90. The van der Waals surface area contributed by atoms with Crippen molar-refractivity contribution in [3.05, 3.63) is 24.3 Å². The van der Waals surface area contributed by atoms with E-state index in [9.17, 15) is 4.79 Å². The van der Waals surface area contributed by atoms with E-state index in [1.807, 2.05) is 0 Å². The molecule has 1 aromatic rings. The third-order valence-corrected chi connectivity index (χ3v) is 3.12. The van der Waals surface area contributed by atoms with Crippen molar-refractivity contribution in [1.82, 2.24) is 20.2 Å². The van der Waals surface area contributed by atoms with Gasteiger partial charge in [-0.1, -0.05) is 0 Å². The Morgan fingerprint density at radius 1 is 1.47 bits per heavy atom. The van der Waals surface area contributed by atoms with Gasteiger partial charge in [-0.2, -0.15) is 0 Å². The number of carbonyl (C=O) groups is 1. The van der Waals surface area contributed by atoms with Gasteiger partial charge in [0.1, 0.15) is 5.69 Å². The fraction of sp³-hybridized carbons (Fsp3) is 0.583. The maximum atomic E-state index is 11.7. The van der Waals surface area contributed by atoms with Crippen LogP contribution in [-0.4, -0.2) is 46.5 Å². The van der Waals surface area contributed by atoms with Gasteiger partial charge in [-0.3, -0.25) is 14.7 Å². The molecule has 0 spiro atoms. The van der Waals surface area contributed by atoms with E-state index in [-0.39, 0.29) is 5.91 Å². The predicted octanol–water partition coefficient (Wildman–Crippen LogP) is 0.691. The van der Waals surface area contributed by atoms with Gasteiger partial charge >= 0.3 is 0 Å². The van der Waals surface area contributed by atoms with Gasteiger partial charge in [0.15, 0.2) is 0 Å². The van der Waals surface area contributed by atoms with E-state index in [2.05, 4.69) is 27.1 Å². The number of nitrogens with zero attached hydrogens (tertiary/aromatic N) is 3. The molecule has 1 fully saturated rings. The molecule has 0 saturated carbocycles. The first-order valence-corrected chi connectivity index (χ1v) is 6.05. The maximum Gasteiger partial charge on any atom is 0.271 e. The summed E-state index contributed by atoms with van der Waals surface area (Å²) in [7, 11) is 0. The Bertz CT molecular complexity index is 362. The van der Waals surface area contributed by atoms with Crippen LogP contribution in [0.3, 0.4) is 0 Å². The Morgan fingerprint density at radius 2 is 2.24 bits per heavy atom. The topological polar surface area (TPSA) is 58.1 Å². The van der Waals surface area contributed by atoms with Crippen LogP contribution in [0.25, 0.3) is 0 Å². The van der Waals surface area contributed by atoms with Gasteiger partial charge in [-0.15, -0.1) is 0 Å². The summed E-state index contributed by atoms with van der Waals surface area (Å²) in [5, 5.41) is 2.89. The Morgan fingerprint density at radius 3 is 2.88 bits per heavy atom. The van der Waals surface area contributed by atoms with Crippen LogP contribution in [0.1, 0.15) is 30.3 Å². The summed E-state index contributed by atoms with van der Waals surface area (Å²) in [4.78, 5) is 22.0. The van der Waals surface area contributed by atoms with Gasteiger partial charge in [0, 0.05) is 25.0 Å². The number of carbonyl (C=O) groups excluding carboxylic acids is 1. The monoisotopic (exact) mass is 234 g/mol. The number of hydrogen-bond acceptors (Lipinski definition) is 4. The van der Waals surface area contributed by atoms with Gasteiger partial charge in [-0.05, 0) is 32.9 Å². The second-order valence-electron chi connectivity index (χ2n) is 4.39. The fourth-order valence-electron chi connectivity index (χ4n) is 2.06. The summed E-state index contributed by atoms with van der Waals surface area (Å²) in [6.07, 6.45) is 7.10. The third kappa shape index (κ3) is 3.23. The zero-order chi connectivity index (χ0) is 12.1. The van der Waals surface area contributed by atoms with E-state index in [4.69, 9.17) is 0 Å². The van der Waals surface area contributed by atoms with E-state index >= 15 is 0 Å². The Balaban J connectivity index is 1.80. The molecule has 0 radical (unpaired) electrons. The lowest BCUT2D eigenvalue weighted by molar-refractivity contribution is 0.0935. The first kappa shape index (κ1) is 12.0. The smallest absolute Gasteiger partial charge is 0.271 e. The zero-order valence-corrected chi connectivity index (χ0v) is 10.1. The average molecular weight is 234 g/mol. The normalized spacial score (nSPS) is 17.9. The quantitative estimate of drug-likeness (QED) is 0.832. The van der Waals surface area contributed by atoms with Crippen LogP contribution in [0.4, 0.5) is 0 Å². The van der Waals surface area contributed by atoms with Crippen molar-refractivity contribution in [2.75, 3.05) is 19.6 Å². The number of hydrogen-bond donors (Lipinski definition) is 1. The van der Waals surface area contributed by atoms with Crippen LogP contribution in [0.2, 0.25) is 0 Å². The van der Waals surface area contributed by atoms with Crippen LogP contribution >= 0.6 is 0 Å². The van der Waals surface area contributed by atoms with Crippen molar-refractivity contribution >= 4 is 5.91 Å². The molecule has 1 atom stereocenters. The van der Waals surface area contributed by atoms with E-state index in [1.165, 1.54) is 25.2 Å². The van der Waals surface area contributed by atoms with Gasteiger partial charge in [0.2, 0.25) is 0 Å². The van der Waals surface area contributed by atoms with Crippen LogP contribution in [0.15, 0.2) is 18.6 Å². The standard InChI is InChI=1S/C12H18N4O/c1-10(16-6-2-3-7-16)8-15-12(17)11-9-13-4-5-14-11/h4-5,9-10H,2-3,6-8H2,1H3,(H,15,17)/t10-/m0/s1. The maximum absolute atomic E-state index is 11.7. The van der Waals surface area contributed by atoms with Crippen LogP contribution < -0.4 is 5.32 Å². The van der Waals surface area contributed by atoms with Crippen molar-refractivity contribution in [2.45, 2.75) is 25.8 Å². The molecule has 2 rings (SSSR count). The third-order valence-electron chi connectivity index (χ3n) is 3.12. The highest BCUT2D eigenvalue weighted by Crippen LogP contribution is 2.10. The zero-order valence-electron chi connectivity index (χ0n) is 10.1. The minimum atomic E-state index is -0.149. The van der Waals surface area contributed by atoms with Crippen molar-refractivity contribution in [1.29, 1.82) is 0 Å². The molecule has 5 heteroatoms. The highest BCUT2D eigenvalue weighted by molar-refractivity contribution is 5.91. The number of amides is 1. The molecule has 92 valence electrons. The summed E-state index contributed by atoms with van der Waals surface area (Å²) < 4.78 is 0. The van der Waals surface area contributed by atoms with E-state index < -0.39 is 0 Å². The molecule has 5 nitrogen and oxygen atoms in total. The molecule has 0 unspecified atom stereocenters. The molecule has 1 amide bonds. The lowest BCUT2D eigenvalue weighted by atomic mass is 10.3. The molecular weight excluding hydrogens is 216 g/mol. The van der Waals surface area contributed by atoms with Crippen molar-refractivity contribution in [3.8, 4) is 0 Å². The molecule has 1 N–H and O–H groups in total. The molecule has 17 heavy (non-hydrogen) atoms. The van der Waals surface area contributed by atoms with Crippen molar-refractivity contribution < 1.29 is 4.79 Å². The largest absolute Gasteiger partial charge is 0.349 e. The molecule has 1 saturated heterocycles. The summed E-state index contributed by atoms with van der Waals surface area (Å²) in [5.41, 5.74) is 0.376. The lowest BCUT2D eigenvalue weighted by Crippen LogP contribution is -2.40. The van der Waals surface area contributed by atoms with Gasteiger partial charge < -0.3 is 5.32 Å². The summed E-state index contributed by atoms with van der Waals surface area (Å²) >= 11 is 0. The molecule has 0 aromatic carbocycles. The molecule has 0 bridgehead atoms. The molecule has 1 aliphatic heterocycles. The number of likely N-dealkylation sites (tertiary alicyclic amines) is 1. The molecule has 2 heterocycles. The highest BCUT2D eigenvalue weighted by atomic mass is 16.1. The van der Waals surface area contributed by atoms with Gasteiger partial charge in [0.25, 0.3) is 5.91 Å². The summed E-state index contributed by atoms with van der Waals surface area (Å²) in [6.45, 7) is 5.09. The number of rotatable bonds is 4. The van der Waals surface area contributed by atoms with Crippen LogP contribution in [0.5, 0.6) is 0 Å². The van der Waals surface area contributed by atoms with E-state index in [0.29, 0.717) is 18.3 Å². The SMILES string of the molecule is C[C@@H](CNC(=O)c1cnccn1)N1CCCC1. The first-order valence-electron chi connectivity index (χ1n) is 6.05. The highest BCUT2D eigenvalue weighted by Gasteiger charge is 2.18. The summed E-state index contributed by atoms with van der Waals surface area (Å²) in [5.74, 6) is -0.149. The van der Waals surface area contributed by atoms with E-state index in [1.54, 1.807) is 6.20 Å². The minimum Gasteiger partial charge on any atom is -0.349 e. The molecule has 0 aliphatic carbocycles. The lowest BCUT2D eigenvalue weighted by Gasteiger charge is -2.23. The van der Waals surface area contributed by atoms with Gasteiger partial charge in [0.05, 0.1) is 6.20 Å².